The summed E-state index contributed by atoms with van der Waals surface area (Å²) in [6, 6.07) is 12.0. The standard InChI is InChI=1S/C19H23FN2O4S/c1-14(2)26-17-7-9-18(10-8-17)27(24,25)22-13-19(23)21-12-11-15-3-5-16(20)6-4-15/h3-10,14,22H,11-13H2,1-2H3,(H,21,23). The largest absolute Gasteiger partial charge is 0.491 e. The Balaban J connectivity index is 1.79. The van der Waals surface area contributed by atoms with Crippen LogP contribution in [0.5, 0.6) is 5.75 Å². The molecular weight excluding hydrogens is 371 g/mol. The lowest BCUT2D eigenvalue weighted by atomic mass is 10.1. The summed E-state index contributed by atoms with van der Waals surface area (Å²) in [5.74, 6) is -0.191. The van der Waals surface area contributed by atoms with Crippen LogP contribution in [0.2, 0.25) is 0 Å². The van der Waals surface area contributed by atoms with Gasteiger partial charge in [-0.2, -0.15) is 0 Å². The predicted molar refractivity (Wildman–Crippen MR) is 101 cm³/mol. The zero-order valence-electron chi connectivity index (χ0n) is 15.2. The number of carbonyl (C=O) groups excluding carboxylic acids is 1. The molecule has 0 spiro atoms. The van der Waals surface area contributed by atoms with Crippen molar-refractivity contribution in [1.82, 2.24) is 10.0 Å². The summed E-state index contributed by atoms with van der Waals surface area (Å²) < 4.78 is 45.0. The van der Waals surface area contributed by atoms with Crippen LogP contribution in [-0.4, -0.2) is 33.5 Å². The number of ether oxygens (including phenoxy) is 1. The Kier molecular flexibility index (Phi) is 7.32. The zero-order chi connectivity index (χ0) is 19.9. The van der Waals surface area contributed by atoms with Crippen LogP contribution in [0.3, 0.4) is 0 Å². The van der Waals surface area contributed by atoms with Crippen molar-refractivity contribution in [2.45, 2.75) is 31.3 Å². The van der Waals surface area contributed by atoms with Gasteiger partial charge in [-0.3, -0.25) is 4.79 Å². The van der Waals surface area contributed by atoms with E-state index in [0.29, 0.717) is 18.7 Å². The summed E-state index contributed by atoms with van der Waals surface area (Å²) in [5, 5.41) is 2.62. The van der Waals surface area contributed by atoms with Crippen molar-refractivity contribution < 1.29 is 22.3 Å². The third-order valence-electron chi connectivity index (χ3n) is 3.58. The van der Waals surface area contributed by atoms with Crippen LogP contribution in [-0.2, 0) is 21.2 Å². The van der Waals surface area contributed by atoms with E-state index in [9.17, 15) is 17.6 Å². The molecule has 0 heterocycles. The quantitative estimate of drug-likeness (QED) is 0.683. The first-order valence-electron chi connectivity index (χ1n) is 8.54. The predicted octanol–water partition coefficient (Wildman–Crippen LogP) is 2.25. The van der Waals surface area contributed by atoms with E-state index in [1.165, 1.54) is 24.3 Å². The molecule has 0 saturated carbocycles. The van der Waals surface area contributed by atoms with Crippen molar-refractivity contribution in [3.63, 3.8) is 0 Å². The van der Waals surface area contributed by atoms with Gasteiger partial charge in [0.05, 0.1) is 17.5 Å². The highest BCUT2D eigenvalue weighted by molar-refractivity contribution is 7.89. The Morgan fingerprint density at radius 3 is 2.30 bits per heavy atom. The average Bonchev–Trinajstić information content (AvgIpc) is 2.62. The van der Waals surface area contributed by atoms with Gasteiger partial charge in [-0.25, -0.2) is 17.5 Å². The third kappa shape index (κ3) is 6.99. The van der Waals surface area contributed by atoms with E-state index >= 15 is 0 Å². The first-order chi connectivity index (χ1) is 12.8. The second-order valence-electron chi connectivity index (χ2n) is 6.19. The SMILES string of the molecule is CC(C)Oc1ccc(S(=O)(=O)NCC(=O)NCCc2ccc(F)cc2)cc1. The first kappa shape index (κ1) is 20.9. The third-order valence-corrected chi connectivity index (χ3v) is 4.99. The zero-order valence-corrected chi connectivity index (χ0v) is 16.1. The van der Waals surface area contributed by atoms with Gasteiger partial charge in [0.25, 0.3) is 0 Å². The van der Waals surface area contributed by atoms with E-state index in [0.717, 1.165) is 5.56 Å². The summed E-state index contributed by atoms with van der Waals surface area (Å²) >= 11 is 0. The molecule has 2 aromatic rings. The average molecular weight is 394 g/mol. The van der Waals surface area contributed by atoms with E-state index < -0.39 is 15.9 Å². The van der Waals surface area contributed by atoms with Gasteiger partial charge in [0.1, 0.15) is 11.6 Å². The normalized spacial score (nSPS) is 11.4. The van der Waals surface area contributed by atoms with Crippen LogP contribution in [0.4, 0.5) is 4.39 Å². The lowest BCUT2D eigenvalue weighted by Gasteiger charge is -2.11. The minimum atomic E-state index is -3.79. The fraction of sp³-hybridized carbons (Fsp3) is 0.316. The molecule has 146 valence electrons. The maximum absolute atomic E-state index is 12.8. The van der Waals surface area contributed by atoms with E-state index in [4.69, 9.17) is 4.74 Å². The van der Waals surface area contributed by atoms with Gasteiger partial charge in [-0.05, 0) is 62.2 Å². The molecule has 0 atom stereocenters. The molecule has 0 unspecified atom stereocenters. The van der Waals surface area contributed by atoms with Crippen molar-refractivity contribution in [3.8, 4) is 5.75 Å². The Morgan fingerprint density at radius 1 is 1.07 bits per heavy atom. The molecule has 0 saturated heterocycles. The number of amides is 1. The molecule has 2 aromatic carbocycles. The van der Waals surface area contributed by atoms with Crippen molar-refractivity contribution >= 4 is 15.9 Å². The lowest BCUT2D eigenvalue weighted by molar-refractivity contribution is -0.119. The number of benzene rings is 2. The number of rotatable bonds is 9. The Hall–Kier alpha value is -2.45. The summed E-state index contributed by atoms with van der Waals surface area (Å²) in [5.41, 5.74) is 0.876. The van der Waals surface area contributed by atoms with Gasteiger partial charge in [0.2, 0.25) is 15.9 Å². The molecule has 0 bridgehead atoms. The second-order valence-corrected chi connectivity index (χ2v) is 7.96. The molecular formula is C19H23FN2O4S. The minimum Gasteiger partial charge on any atom is -0.491 e. The topological polar surface area (TPSA) is 84.5 Å². The molecule has 0 fully saturated rings. The lowest BCUT2D eigenvalue weighted by Crippen LogP contribution is -2.37. The molecule has 0 aliphatic rings. The number of halogens is 1. The molecule has 0 aromatic heterocycles. The van der Waals surface area contributed by atoms with Crippen molar-refractivity contribution in [3.05, 3.63) is 59.9 Å². The number of carbonyl (C=O) groups is 1. The summed E-state index contributed by atoms with van der Waals surface area (Å²) in [7, 11) is -3.79. The number of sulfonamides is 1. The fourth-order valence-corrected chi connectivity index (χ4v) is 3.26. The van der Waals surface area contributed by atoms with Gasteiger partial charge in [-0.1, -0.05) is 12.1 Å². The van der Waals surface area contributed by atoms with Crippen LogP contribution in [0, 0.1) is 5.82 Å². The van der Waals surface area contributed by atoms with Crippen molar-refractivity contribution in [1.29, 1.82) is 0 Å². The van der Waals surface area contributed by atoms with Crippen LogP contribution in [0.1, 0.15) is 19.4 Å². The Labute approximate surface area is 158 Å². The van der Waals surface area contributed by atoms with Crippen LogP contribution < -0.4 is 14.8 Å². The maximum atomic E-state index is 12.8. The van der Waals surface area contributed by atoms with Crippen molar-refractivity contribution in [2.75, 3.05) is 13.1 Å². The summed E-state index contributed by atoms with van der Waals surface area (Å²) in [6.45, 7) is 3.71. The summed E-state index contributed by atoms with van der Waals surface area (Å²) in [6.07, 6.45) is 0.514. The number of hydrogen-bond donors (Lipinski definition) is 2. The highest BCUT2D eigenvalue weighted by Gasteiger charge is 2.15. The van der Waals surface area contributed by atoms with Crippen LogP contribution in [0.25, 0.3) is 0 Å². The highest BCUT2D eigenvalue weighted by Crippen LogP contribution is 2.16. The fourth-order valence-electron chi connectivity index (χ4n) is 2.27. The maximum Gasteiger partial charge on any atom is 0.241 e. The van der Waals surface area contributed by atoms with Gasteiger partial charge in [0, 0.05) is 6.54 Å². The van der Waals surface area contributed by atoms with Gasteiger partial charge in [0.15, 0.2) is 0 Å². The molecule has 27 heavy (non-hydrogen) atoms. The van der Waals surface area contributed by atoms with E-state index in [2.05, 4.69) is 10.0 Å². The number of nitrogens with one attached hydrogen (secondary N) is 2. The minimum absolute atomic E-state index is 0.0100. The van der Waals surface area contributed by atoms with Crippen LogP contribution >= 0.6 is 0 Å². The Bertz CT molecular complexity index is 850. The monoisotopic (exact) mass is 394 g/mol. The molecule has 0 aliphatic heterocycles. The number of hydrogen-bond acceptors (Lipinski definition) is 4. The first-order valence-corrected chi connectivity index (χ1v) is 10.0. The second kappa shape index (κ2) is 9.48. The Morgan fingerprint density at radius 2 is 1.70 bits per heavy atom. The highest BCUT2D eigenvalue weighted by atomic mass is 32.2. The van der Waals surface area contributed by atoms with E-state index in [1.807, 2.05) is 13.8 Å². The van der Waals surface area contributed by atoms with E-state index in [-0.39, 0.29) is 23.4 Å². The van der Waals surface area contributed by atoms with Gasteiger partial charge in [-0.15, -0.1) is 0 Å². The molecule has 1 amide bonds. The smallest absolute Gasteiger partial charge is 0.241 e. The molecule has 2 rings (SSSR count). The van der Waals surface area contributed by atoms with Gasteiger partial charge < -0.3 is 10.1 Å². The molecule has 8 heteroatoms. The van der Waals surface area contributed by atoms with E-state index in [1.54, 1.807) is 24.3 Å². The molecule has 6 nitrogen and oxygen atoms in total. The van der Waals surface area contributed by atoms with Crippen molar-refractivity contribution in [2.24, 2.45) is 0 Å². The molecule has 0 radical (unpaired) electrons. The van der Waals surface area contributed by atoms with Crippen LogP contribution in [0.15, 0.2) is 53.4 Å². The van der Waals surface area contributed by atoms with Gasteiger partial charge >= 0.3 is 0 Å². The summed E-state index contributed by atoms with van der Waals surface area (Å²) in [4.78, 5) is 11.9. The molecule has 2 N–H and O–H groups in total. The molecule has 0 aliphatic carbocycles.